The van der Waals surface area contributed by atoms with Crippen molar-refractivity contribution >= 4 is 0 Å². The second-order valence-corrected chi connectivity index (χ2v) is 7.21. The monoisotopic (exact) mass is 264 g/mol. The van der Waals surface area contributed by atoms with Crippen LogP contribution in [0.2, 0.25) is 0 Å². The van der Waals surface area contributed by atoms with E-state index in [2.05, 4.69) is 77.1 Å². The second kappa shape index (κ2) is 4.22. The average Bonchev–Trinajstić information content (AvgIpc) is 2.59. The van der Waals surface area contributed by atoms with E-state index in [9.17, 15) is 0 Å². The molecule has 0 heterocycles. The molecule has 0 nitrogen and oxygen atoms in total. The Morgan fingerprint density at radius 1 is 0.750 bits per heavy atom. The van der Waals surface area contributed by atoms with E-state index in [1.54, 1.807) is 5.56 Å². The zero-order valence-electron chi connectivity index (χ0n) is 13.2. The minimum atomic E-state index is 0.135. The molecule has 1 aliphatic carbocycles. The molecule has 0 N–H and O–H groups in total. The Morgan fingerprint density at radius 3 is 2.05 bits per heavy atom. The molecule has 104 valence electrons. The van der Waals surface area contributed by atoms with E-state index in [0.29, 0.717) is 0 Å². The summed E-state index contributed by atoms with van der Waals surface area (Å²) in [5.41, 5.74) is 7.79. The number of aryl methyl sites for hydroxylation is 2. The molecule has 0 bridgehead atoms. The highest BCUT2D eigenvalue weighted by atomic mass is 14.5. The lowest BCUT2D eigenvalue weighted by Crippen LogP contribution is -2.24. The van der Waals surface area contributed by atoms with Crippen LogP contribution in [0.15, 0.2) is 42.5 Å². The van der Waals surface area contributed by atoms with Crippen LogP contribution in [0.3, 0.4) is 0 Å². The summed E-state index contributed by atoms with van der Waals surface area (Å²) in [6.07, 6.45) is 1.19. The van der Waals surface area contributed by atoms with Crippen LogP contribution >= 0.6 is 0 Å². The number of fused-ring (bicyclic) bond motifs is 1. The molecule has 2 aromatic carbocycles. The van der Waals surface area contributed by atoms with E-state index in [0.717, 1.165) is 0 Å². The molecule has 1 atom stereocenters. The van der Waals surface area contributed by atoms with Gasteiger partial charge in [0.25, 0.3) is 0 Å². The molecule has 0 spiro atoms. The number of rotatable bonds is 1. The predicted molar refractivity (Wildman–Crippen MR) is 86.5 cm³/mol. The van der Waals surface area contributed by atoms with E-state index >= 15 is 0 Å². The van der Waals surface area contributed by atoms with E-state index < -0.39 is 0 Å². The summed E-state index contributed by atoms with van der Waals surface area (Å²) in [5.74, 6) is 0. The van der Waals surface area contributed by atoms with Gasteiger partial charge < -0.3 is 0 Å². The van der Waals surface area contributed by atoms with Gasteiger partial charge in [-0.25, -0.2) is 0 Å². The standard InChI is InChI=1S/C20H24/c1-14-9-6-7-11-16(14)20(5)13-19(3,4)18-15(2)10-8-12-17(18)20/h6-12H,13H2,1-5H3. The third kappa shape index (κ3) is 1.74. The summed E-state index contributed by atoms with van der Waals surface area (Å²) in [6.45, 7) is 11.7. The van der Waals surface area contributed by atoms with Gasteiger partial charge in [-0.3, -0.25) is 0 Å². The van der Waals surface area contributed by atoms with Crippen molar-refractivity contribution < 1.29 is 0 Å². The third-order valence-electron chi connectivity index (χ3n) is 5.08. The molecule has 0 saturated carbocycles. The van der Waals surface area contributed by atoms with Crippen LogP contribution in [0, 0.1) is 13.8 Å². The van der Waals surface area contributed by atoms with E-state index in [4.69, 9.17) is 0 Å². The van der Waals surface area contributed by atoms with Gasteiger partial charge in [0.15, 0.2) is 0 Å². The molecule has 0 radical (unpaired) electrons. The van der Waals surface area contributed by atoms with E-state index in [-0.39, 0.29) is 10.8 Å². The van der Waals surface area contributed by atoms with Crippen molar-refractivity contribution in [3.05, 3.63) is 70.3 Å². The molecule has 0 aliphatic heterocycles. The Kier molecular flexibility index (Phi) is 2.83. The van der Waals surface area contributed by atoms with Crippen molar-refractivity contribution in [2.24, 2.45) is 0 Å². The average molecular weight is 264 g/mol. The molecule has 0 heteroatoms. The number of hydrogen-bond acceptors (Lipinski definition) is 0. The van der Waals surface area contributed by atoms with Crippen molar-refractivity contribution in [3.63, 3.8) is 0 Å². The third-order valence-corrected chi connectivity index (χ3v) is 5.08. The molecule has 0 fully saturated rings. The Labute approximate surface area is 122 Å². The van der Waals surface area contributed by atoms with Gasteiger partial charge in [0.05, 0.1) is 0 Å². The molecule has 1 unspecified atom stereocenters. The van der Waals surface area contributed by atoms with Gasteiger partial charge in [-0.15, -0.1) is 0 Å². The van der Waals surface area contributed by atoms with Gasteiger partial charge in [0.1, 0.15) is 0 Å². The number of hydrogen-bond donors (Lipinski definition) is 0. The predicted octanol–water partition coefficient (Wildman–Crippen LogP) is 5.29. The summed E-state index contributed by atoms with van der Waals surface area (Å²) >= 11 is 0. The molecular weight excluding hydrogens is 240 g/mol. The summed E-state index contributed by atoms with van der Waals surface area (Å²) in [5, 5.41) is 0. The summed E-state index contributed by atoms with van der Waals surface area (Å²) in [6, 6.07) is 15.7. The first-order valence-corrected chi connectivity index (χ1v) is 7.53. The second-order valence-electron chi connectivity index (χ2n) is 7.21. The molecule has 20 heavy (non-hydrogen) atoms. The van der Waals surface area contributed by atoms with Crippen LogP contribution < -0.4 is 0 Å². The minimum absolute atomic E-state index is 0.135. The Hall–Kier alpha value is -1.56. The zero-order chi connectivity index (χ0) is 14.5. The topological polar surface area (TPSA) is 0 Å². The first-order chi connectivity index (χ1) is 9.36. The fraction of sp³-hybridized carbons (Fsp3) is 0.400. The Balaban J connectivity index is 2.29. The maximum absolute atomic E-state index is 2.42. The fourth-order valence-corrected chi connectivity index (χ4v) is 4.53. The first-order valence-electron chi connectivity index (χ1n) is 7.53. The maximum atomic E-state index is 2.42. The van der Waals surface area contributed by atoms with E-state index in [1.165, 1.54) is 28.7 Å². The molecule has 1 aliphatic rings. The van der Waals surface area contributed by atoms with E-state index in [1.807, 2.05) is 0 Å². The van der Waals surface area contributed by atoms with Crippen LogP contribution in [0.25, 0.3) is 0 Å². The SMILES string of the molecule is Cc1ccccc1C1(C)CC(C)(C)c2c(C)cccc21. The van der Waals surface area contributed by atoms with Crippen LogP contribution in [0.4, 0.5) is 0 Å². The molecule has 0 amide bonds. The van der Waals surface area contributed by atoms with Crippen molar-refractivity contribution in [1.29, 1.82) is 0 Å². The lowest BCUT2D eigenvalue weighted by Gasteiger charge is -2.30. The Morgan fingerprint density at radius 2 is 1.35 bits per heavy atom. The summed E-state index contributed by atoms with van der Waals surface area (Å²) in [7, 11) is 0. The molecular formula is C20H24. The summed E-state index contributed by atoms with van der Waals surface area (Å²) < 4.78 is 0. The maximum Gasteiger partial charge on any atom is 0.0188 e. The van der Waals surface area contributed by atoms with Crippen molar-refractivity contribution in [2.75, 3.05) is 0 Å². The quantitative estimate of drug-likeness (QED) is 0.656. The highest BCUT2D eigenvalue weighted by molar-refractivity contribution is 5.55. The van der Waals surface area contributed by atoms with Gasteiger partial charge >= 0.3 is 0 Å². The largest absolute Gasteiger partial charge is 0.0620 e. The van der Waals surface area contributed by atoms with Gasteiger partial charge in [-0.1, -0.05) is 63.2 Å². The van der Waals surface area contributed by atoms with Crippen molar-refractivity contribution in [2.45, 2.75) is 51.9 Å². The van der Waals surface area contributed by atoms with Gasteiger partial charge in [0, 0.05) is 5.41 Å². The lowest BCUT2D eigenvalue weighted by molar-refractivity contribution is 0.423. The summed E-state index contributed by atoms with van der Waals surface area (Å²) in [4.78, 5) is 0. The Bertz CT molecular complexity index is 663. The highest BCUT2D eigenvalue weighted by Crippen LogP contribution is 2.54. The van der Waals surface area contributed by atoms with Crippen LogP contribution in [-0.4, -0.2) is 0 Å². The lowest BCUT2D eigenvalue weighted by atomic mass is 9.73. The number of benzene rings is 2. The molecule has 3 rings (SSSR count). The van der Waals surface area contributed by atoms with Crippen molar-refractivity contribution in [1.82, 2.24) is 0 Å². The van der Waals surface area contributed by atoms with Crippen LogP contribution in [0.5, 0.6) is 0 Å². The normalized spacial score (nSPS) is 23.6. The van der Waals surface area contributed by atoms with Crippen LogP contribution in [0.1, 0.15) is 55.0 Å². The highest BCUT2D eigenvalue weighted by Gasteiger charge is 2.46. The smallest absolute Gasteiger partial charge is 0.0188 e. The molecule has 0 aromatic heterocycles. The fourth-order valence-electron chi connectivity index (χ4n) is 4.53. The van der Waals surface area contributed by atoms with Gasteiger partial charge in [-0.05, 0) is 53.5 Å². The van der Waals surface area contributed by atoms with Crippen LogP contribution in [-0.2, 0) is 10.8 Å². The molecule has 0 saturated heterocycles. The minimum Gasteiger partial charge on any atom is -0.0620 e. The first kappa shape index (κ1) is 13.4. The zero-order valence-corrected chi connectivity index (χ0v) is 13.2. The van der Waals surface area contributed by atoms with Crippen molar-refractivity contribution in [3.8, 4) is 0 Å². The molecule has 2 aromatic rings. The van der Waals surface area contributed by atoms with Gasteiger partial charge in [-0.2, -0.15) is 0 Å². The van der Waals surface area contributed by atoms with Gasteiger partial charge in [0.2, 0.25) is 0 Å².